The molecule has 3 N–H and O–H groups in total. The van der Waals surface area contributed by atoms with Crippen LogP contribution < -0.4 is 16.0 Å². The van der Waals surface area contributed by atoms with Crippen LogP contribution in [0, 0.1) is 0 Å². The summed E-state index contributed by atoms with van der Waals surface area (Å²) in [7, 11) is 1.89. The fourth-order valence-corrected chi connectivity index (χ4v) is 0.837. The maximum atomic E-state index is 5.00. The first-order valence-electron chi connectivity index (χ1n) is 3.92. The van der Waals surface area contributed by atoms with E-state index in [1.54, 1.807) is 0 Å². The molecule has 0 spiro atoms. The molecule has 3 nitrogen and oxygen atoms in total. The average molecular weight is 175 g/mol. The molecule has 0 aromatic carbocycles. The van der Waals surface area contributed by atoms with Gasteiger partial charge in [0.2, 0.25) is 0 Å². The summed E-state index contributed by atoms with van der Waals surface area (Å²) in [6, 6.07) is 0. The Morgan fingerprint density at radius 2 is 2.18 bits per heavy atom. The van der Waals surface area contributed by atoms with E-state index < -0.39 is 0 Å². The van der Waals surface area contributed by atoms with Gasteiger partial charge in [-0.2, -0.15) is 0 Å². The number of thiocarbonyl (C=S) groups is 1. The van der Waals surface area contributed by atoms with Crippen molar-refractivity contribution in [2.75, 3.05) is 13.6 Å². The van der Waals surface area contributed by atoms with Crippen LogP contribution in [0.1, 0.15) is 20.3 Å². The molecule has 4 heteroatoms. The van der Waals surface area contributed by atoms with Gasteiger partial charge in [-0.3, -0.25) is 0 Å². The Hall–Kier alpha value is -0.350. The van der Waals surface area contributed by atoms with Crippen LogP contribution in [-0.2, 0) is 0 Å². The summed E-state index contributed by atoms with van der Waals surface area (Å²) in [6.45, 7) is 5.05. The molecule has 0 bridgehead atoms. The molecule has 0 saturated heterocycles. The van der Waals surface area contributed by atoms with Crippen LogP contribution in [0.3, 0.4) is 0 Å². The largest absolute Gasteiger partial charge is 0.363 e. The monoisotopic (exact) mass is 175 g/mol. The fourth-order valence-electron chi connectivity index (χ4n) is 0.558. The Kier molecular flexibility index (Phi) is 6.16. The molecule has 0 rings (SSSR count). The minimum atomic E-state index is 0.229. The van der Waals surface area contributed by atoms with Gasteiger partial charge in [-0.1, -0.05) is 6.92 Å². The highest BCUT2D eigenvalue weighted by molar-refractivity contribution is 7.80. The van der Waals surface area contributed by atoms with E-state index in [1.165, 1.54) is 0 Å². The van der Waals surface area contributed by atoms with Gasteiger partial charge >= 0.3 is 0 Å². The summed E-state index contributed by atoms with van der Waals surface area (Å²) in [5.41, 5.74) is 0. The van der Waals surface area contributed by atoms with Gasteiger partial charge in [0, 0.05) is 6.54 Å². The Bertz CT molecular complexity index is 116. The molecule has 0 amide bonds. The van der Waals surface area contributed by atoms with Crippen molar-refractivity contribution in [3.05, 3.63) is 0 Å². The lowest BCUT2D eigenvalue weighted by molar-refractivity contribution is 0.571. The van der Waals surface area contributed by atoms with Gasteiger partial charge in [0.1, 0.15) is 0 Å². The van der Waals surface area contributed by atoms with E-state index in [9.17, 15) is 0 Å². The SMILES string of the molecule is CCCNC(=S)NC(C)NC. The van der Waals surface area contributed by atoms with Crippen molar-refractivity contribution in [1.82, 2.24) is 16.0 Å². The predicted octanol–water partition coefficient (Wildman–Crippen LogP) is 0.426. The number of hydrogen-bond acceptors (Lipinski definition) is 2. The molecular weight excluding hydrogens is 158 g/mol. The third-order valence-electron chi connectivity index (χ3n) is 1.32. The maximum absolute atomic E-state index is 5.00. The van der Waals surface area contributed by atoms with Crippen molar-refractivity contribution < 1.29 is 0 Å². The molecule has 0 aliphatic heterocycles. The Morgan fingerprint density at radius 1 is 1.55 bits per heavy atom. The van der Waals surface area contributed by atoms with E-state index >= 15 is 0 Å². The maximum Gasteiger partial charge on any atom is 0.167 e. The molecule has 66 valence electrons. The highest BCUT2D eigenvalue weighted by Gasteiger charge is 1.97. The van der Waals surface area contributed by atoms with Gasteiger partial charge in [-0.15, -0.1) is 0 Å². The zero-order valence-electron chi connectivity index (χ0n) is 7.40. The van der Waals surface area contributed by atoms with Crippen molar-refractivity contribution in [3.8, 4) is 0 Å². The van der Waals surface area contributed by atoms with Gasteiger partial charge < -0.3 is 16.0 Å². The molecule has 0 aromatic heterocycles. The standard InChI is InChI=1S/C7H17N3S/c1-4-5-9-7(11)10-6(2)8-3/h6,8H,4-5H2,1-3H3,(H2,9,10,11). The highest BCUT2D eigenvalue weighted by Crippen LogP contribution is 1.75. The van der Waals surface area contributed by atoms with Crippen LogP contribution in [0.5, 0.6) is 0 Å². The lowest BCUT2D eigenvalue weighted by Crippen LogP contribution is -2.46. The quantitative estimate of drug-likeness (QED) is 0.428. The van der Waals surface area contributed by atoms with Crippen LogP contribution in [0.2, 0.25) is 0 Å². The van der Waals surface area contributed by atoms with Gasteiger partial charge in [0.25, 0.3) is 0 Å². The average Bonchev–Trinajstić information content (AvgIpc) is 2.00. The molecule has 0 aliphatic rings. The van der Waals surface area contributed by atoms with E-state index in [4.69, 9.17) is 12.2 Å². The number of rotatable bonds is 4. The first-order chi connectivity index (χ1) is 5.20. The van der Waals surface area contributed by atoms with Crippen LogP contribution in [0.4, 0.5) is 0 Å². The zero-order chi connectivity index (χ0) is 8.69. The molecule has 1 unspecified atom stereocenters. The second-order valence-corrected chi connectivity index (χ2v) is 2.82. The van der Waals surface area contributed by atoms with Crippen molar-refractivity contribution >= 4 is 17.3 Å². The predicted molar refractivity (Wildman–Crippen MR) is 52.5 cm³/mol. The summed E-state index contributed by atoms with van der Waals surface area (Å²) < 4.78 is 0. The number of hydrogen-bond donors (Lipinski definition) is 3. The summed E-state index contributed by atoms with van der Waals surface area (Å²) in [5.74, 6) is 0. The summed E-state index contributed by atoms with van der Waals surface area (Å²) in [5, 5.41) is 9.90. The first-order valence-corrected chi connectivity index (χ1v) is 4.33. The molecule has 0 heterocycles. The van der Waals surface area contributed by atoms with Crippen LogP contribution in [0.15, 0.2) is 0 Å². The minimum absolute atomic E-state index is 0.229. The Morgan fingerprint density at radius 3 is 2.64 bits per heavy atom. The van der Waals surface area contributed by atoms with Crippen LogP contribution >= 0.6 is 12.2 Å². The van der Waals surface area contributed by atoms with E-state index in [1.807, 2.05) is 14.0 Å². The van der Waals surface area contributed by atoms with Gasteiger partial charge in [-0.25, -0.2) is 0 Å². The van der Waals surface area contributed by atoms with Crippen LogP contribution in [0.25, 0.3) is 0 Å². The third-order valence-corrected chi connectivity index (χ3v) is 1.58. The second-order valence-electron chi connectivity index (χ2n) is 2.41. The second kappa shape index (κ2) is 6.37. The third kappa shape index (κ3) is 6.06. The smallest absolute Gasteiger partial charge is 0.167 e. The molecule has 11 heavy (non-hydrogen) atoms. The Balaban J connectivity index is 3.36. The van der Waals surface area contributed by atoms with Crippen LogP contribution in [-0.4, -0.2) is 24.9 Å². The summed E-state index contributed by atoms with van der Waals surface area (Å²) in [4.78, 5) is 0. The topological polar surface area (TPSA) is 36.1 Å². The molecule has 0 radical (unpaired) electrons. The molecular formula is C7H17N3S. The van der Waals surface area contributed by atoms with E-state index in [2.05, 4.69) is 22.9 Å². The van der Waals surface area contributed by atoms with E-state index in [-0.39, 0.29) is 6.17 Å². The van der Waals surface area contributed by atoms with Gasteiger partial charge in [0.05, 0.1) is 6.17 Å². The van der Waals surface area contributed by atoms with Crippen molar-refractivity contribution in [2.24, 2.45) is 0 Å². The van der Waals surface area contributed by atoms with Gasteiger partial charge in [-0.05, 0) is 32.6 Å². The fraction of sp³-hybridized carbons (Fsp3) is 0.857. The number of nitrogens with one attached hydrogen (secondary N) is 3. The van der Waals surface area contributed by atoms with E-state index in [0.717, 1.165) is 13.0 Å². The van der Waals surface area contributed by atoms with Crippen molar-refractivity contribution in [2.45, 2.75) is 26.4 Å². The molecule has 0 aromatic rings. The zero-order valence-corrected chi connectivity index (χ0v) is 8.22. The molecule has 0 fully saturated rings. The minimum Gasteiger partial charge on any atom is -0.363 e. The Labute approximate surface area is 73.9 Å². The lowest BCUT2D eigenvalue weighted by Gasteiger charge is -2.15. The van der Waals surface area contributed by atoms with Gasteiger partial charge in [0.15, 0.2) is 5.11 Å². The molecule has 0 saturated carbocycles. The van der Waals surface area contributed by atoms with Crippen molar-refractivity contribution in [1.29, 1.82) is 0 Å². The normalized spacial score (nSPS) is 12.3. The highest BCUT2D eigenvalue weighted by atomic mass is 32.1. The van der Waals surface area contributed by atoms with E-state index in [0.29, 0.717) is 5.11 Å². The van der Waals surface area contributed by atoms with Crippen molar-refractivity contribution in [3.63, 3.8) is 0 Å². The first kappa shape index (κ1) is 10.7. The summed E-state index contributed by atoms with van der Waals surface area (Å²) in [6.07, 6.45) is 1.32. The molecule has 0 aliphatic carbocycles. The molecule has 1 atom stereocenters. The lowest BCUT2D eigenvalue weighted by atomic mass is 10.5. The summed E-state index contributed by atoms with van der Waals surface area (Å²) >= 11 is 5.00.